The van der Waals surface area contributed by atoms with E-state index in [0.29, 0.717) is 44.9 Å². The zero-order valence-corrected chi connectivity index (χ0v) is 23.7. The molecule has 0 bridgehead atoms. The van der Waals surface area contributed by atoms with E-state index in [-0.39, 0.29) is 30.8 Å². The monoisotopic (exact) mass is 549 g/mol. The van der Waals surface area contributed by atoms with Gasteiger partial charge in [-0.1, -0.05) is 66.7 Å². The lowest BCUT2D eigenvalue weighted by molar-refractivity contribution is -0.153. The van der Waals surface area contributed by atoms with Gasteiger partial charge in [-0.3, -0.25) is 14.5 Å². The lowest BCUT2D eigenvalue weighted by Gasteiger charge is -2.35. The van der Waals surface area contributed by atoms with Crippen LogP contribution in [0, 0.1) is 5.92 Å². The molecule has 2 aromatic rings. The largest absolute Gasteiger partial charge is 0.438 e. The molecule has 0 amide bonds. The maximum absolute atomic E-state index is 13.2. The lowest BCUT2D eigenvalue weighted by Crippen LogP contribution is -2.49. The minimum absolute atomic E-state index is 0.0108. The molecular weight excluding hydrogens is 506 g/mol. The van der Waals surface area contributed by atoms with E-state index in [9.17, 15) is 9.59 Å². The standard InChI is InChI=1S/C33H43NO6/c1-37-25-40-32(36)14-8-3-2-7-13-29-31(24-30(35)33(29)34-19-22-38-23-20-34)39-21-9-10-26-15-17-28(18-16-26)27-11-5-4-6-12-27/h2-6,11-12,15-18,29,31,33H,7-10,13-14,19-25H2,1H3/t29-,31-,33+/m0/s1. The predicted octanol–water partition coefficient (Wildman–Crippen LogP) is 5.22. The van der Waals surface area contributed by atoms with Crippen molar-refractivity contribution in [1.82, 2.24) is 4.90 Å². The van der Waals surface area contributed by atoms with Crippen molar-refractivity contribution < 1.29 is 28.5 Å². The van der Waals surface area contributed by atoms with Crippen LogP contribution in [0.2, 0.25) is 0 Å². The molecule has 1 saturated carbocycles. The van der Waals surface area contributed by atoms with E-state index in [1.165, 1.54) is 23.8 Å². The van der Waals surface area contributed by atoms with Crippen molar-refractivity contribution in [3.63, 3.8) is 0 Å². The highest BCUT2D eigenvalue weighted by Crippen LogP contribution is 2.34. The molecule has 40 heavy (non-hydrogen) atoms. The van der Waals surface area contributed by atoms with Gasteiger partial charge in [-0.25, -0.2) is 0 Å². The Hall–Kier alpha value is -2.84. The van der Waals surface area contributed by atoms with E-state index in [4.69, 9.17) is 18.9 Å². The molecule has 2 aromatic carbocycles. The minimum atomic E-state index is -0.263. The number of morpholine rings is 1. The number of methoxy groups -OCH3 is 1. The van der Waals surface area contributed by atoms with Gasteiger partial charge >= 0.3 is 5.97 Å². The van der Waals surface area contributed by atoms with Gasteiger partial charge in [0.05, 0.1) is 25.4 Å². The summed E-state index contributed by atoms with van der Waals surface area (Å²) >= 11 is 0. The molecule has 3 atom stereocenters. The van der Waals surface area contributed by atoms with Crippen LogP contribution in [0.25, 0.3) is 11.1 Å². The number of allylic oxidation sites excluding steroid dienone is 2. The van der Waals surface area contributed by atoms with Gasteiger partial charge in [0.1, 0.15) is 0 Å². The highest BCUT2D eigenvalue weighted by Gasteiger charge is 2.45. The molecule has 2 fully saturated rings. The normalized spacial score (nSPS) is 21.7. The zero-order chi connectivity index (χ0) is 28.0. The molecular formula is C33H43NO6. The summed E-state index contributed by atoms with van der Waals surface area (Å²) in [5.74, 6) is 0.186. The van der Waals surface area contributed by atoms with Crippen LogP contribution in [-0.2, 0) is 35.0 Å². The number of nitrogens with zero attached hydrogens (tertiary/aromatic N) is 1. The van der Waals surface area contributed by atoms with Gasteiger partial charge in [0.15, 0.2) is 12.6 Å². The van der Waals surface area contributed by atoms with Gasteiger partial charge in [0, 0.05) is 45.6 Å². The summed E-state index contributed by atoms with van der Waals surface area (Å²) in [7, 11) is 1.49. The van der Waals surface area contributed by atoms with E-state index in [1.807, 2.05) is 12.1 Å². The first-order valence-electron chi connectivity index (χ1n) is 14.6. The molecule has 7 heteroatoms. The first kappa shape index (κ1) is 30.1. The molecule has 0 aromatic heterocycles. The van der Waals surface area contributed by atoms with Gasteiger partial charge in [-0.2, -0.15) is 0 Å². The van der Waals surface area contributed by atoms with Gasteiger partial charge in [0.25, 0.3) is 0 Å². The fourth-order valence-electron chi connectivity index (χ4n) is 5.70. The van der Waals surface area contributed by atoms with Gasteiger partial charge in [-0.15, -0.1) is 0 Å². The van der Waals surface area contributed by atoms with Gasteiger partial charge in [0.2, 0.25) is 0 Å². The van der Waals surface area contributed by atoms with Crippen molar-refractivity contribution in [2.24, 2.45) is 5.92 Å². The van der Waals surface area contributed by atoms with Crippen molar-refractivity contribution in [2.45, 2.75) is 57.1 Å². The molecule has 4 rings (SSSR count). The number of esters is 1. The smallest absolute Gasteiger partial charge is 0.308 e. The second-order valence-electron chi connectivity index (χ2n) is 10.5. The SMILES string of the molecule is COCOC(=O)CCC=CCC[C@H]1[C@@H](OCCCc2ccc(-c3ccccc3)cc2)CC(=O)[C@@H]1N1CCOCC1. The summed E-state index contributed by atoms with van der Waals surface area (Å²) in [4.78, 5) is 27.1. The Morgan fingerprint density at radius 2 is 1.73 bits per heavy atom. The van der Waals surface area contributed by atoms with Crippen LogP contribution in [0.1, 0.15) is 44.1 Å². The first-order chi connectivity index (χ1) is 19.7. The van der Waals surface area contributed by atoms with Gasteiger partial charge < -0.3 is 18.9 Å². The Bertz CT molecular complexity index is 1060. The lowest BCUT2D eigenvalue weighted by atomic mass is 9.93. The number of carbonyl (C=O) groups excluding carboxylic acids is 2. The third-order valence-electron chi connectivity index (χ3n) is 7.74. The number of ketones is 1. The van der Waals surface area contributed by atoms with Crippen LogP contribution in [-0.4, -0.2) is 75.6 Å². The highest BCUT2D eigenvalue weighted by molar-refractivity contribution is 5.87. The number of benzene rings is 2. The number of hydrogen-bond acceptors (Lipinski definition) is 7. The number of ether oxygens (including phenoxy) is 4. The molecule has 1 aliphatic carbocycles. The molecule has 0 radical (unpaired) electrons. The summed E-state index contributed by atoms with van der Waals surface area (Å²) in [6.45, 7) is 3.55. The second-order valence-corrected chi connectivity index (χ2v) is 10.5. The Balaban J connectivity index is 1.26. The van der Waals surface area contributed by atoms with Crippen molar-refractivity contribution in [2.75, 3.05) is 46.8 Å². The summed E-state index contributed by atoms with van der Waals surface area (Å²) < 4.78 is 21.6. The maximum Gasteiger partial charge on any atom is 0.308 e. The van der Waals surface area contributed by atoms with Crippen LogP contribution in [0.15, 0.2) is 66.7 Å². The maximum atomic E-state index is 13.2. The number of aryl methyl sites for hydroxylation is 1. The van der Waals surface area contributed by atoms with Crippen molar-refractivity contribution in [1.29, 1.82) is 0 Å². The third-order valence-corrected chi connectivity index (χ3v) is 7.74. The molecule has 2 aliphatic rings. The number of hydrogen-bond donors (Lipinski definition) is 0. The number of rotatable bonds is 15. The van der Waals surface area contributed by atoms with Crippen LogP contribution >= 0.6 is 0 Å². The van der Waals surface area contributed by atoms with E-state index < -0.39 is 0 Å². The molecule has 216 valence electrons. The second kappa shape index (κ2) is 16.4. The number of carbonyl (C=O) groups is 2. The van der Waals surface area contributed by atoms with Crippen molar-refractivity contribution >= 4 is 11.8 Å². The molecule has 1 saturated heterocycles. The topological polar surface area (TPSA) is 74.3 Å². The fourth-order valence-corrected chi connectivity index (χ4v) is 5.70. The first-order valence-corrected chi connectivity index (χ1v) is 14.6. The molecule has 7 nitrogen and oxygen atoms in total. The molecule has 0 N–H and O–H groups in total. The van der Waals surface area contributed by atoms with E-state index in [1.54, 1.807) is 0 Å². The van der Waals surface area contributed by atoms with Crippen molar-refractivity contribution in [3.8, 4) is 11.1 Å². The summed E-state index contributed by atoms with van der Waals surface area (Å²) in [6, 6.07) is 19.1. The van der Waals surface area contributed by atoms with E-state index in [2.05, 4.69) is 59.5 Å². The summed E-state index contributed by atoms with van der Waals surface area (Å²) in [5.41, 5.74) is 3.75. The minimum Gasteiger partial charge on any atom is -0.438 e. The quantitative estimate of drug-likeness (QED) is 0.130. The average Bonchev–Trinajstić information content (AvgIpc) is 3.31. The Morgan fingerprint density at radius 3 is 2.48 bits per heavy atom. The zero-order valence-electron chi connectivity index (χ0n) is 23.7. The summed E-state index contributed by atoms with van der Waals surface area (Å²) in [6.07, 6.45) is 9.11. The van der Waals surface area contributed by atoms with E-state index >= 15 is 0 Å². The molecule has 1 aliphatic heterocycles. The Labute approximate surface area is 238 Å². The van der Waals surface area contributed by atoms with Crippen LogP contribution in [0.3, 0.4) is 0 Å². The third kappa shape index (κ3) is 9.10. The fraction of sp³-hybridized carbons (Fsp3) is 0.515. The number of Topliss-reactive ketones (excluding diaryl/α,β-unsaturated/α-hetero) is 1. The Kier molecular flexibility index (Phi) is 12.4. The molecule has 0 unspecified atom stereocenters. The Morgan fingerprint density at radius 1 is 1.00 bits per heavy atom. The molecule has 0 spiro atoms. The predicted molar refractivity (Wildman–Crippen MR) is 155 cm³/mol. The van der Waals surface area contributed by atoms with E-state index in [0.717, 1.165) is 38.8 Å². The van der Waals surface area contributed by atoms with Crippen LogP contribution in [0.4, 0.5) is 0 Å². The average molecular weight is 550 g/mol. The highest BCUT2D eigenvalue weighted by atomic mass is 16.7. The van der Waals surface area contributed by atoms with Crippen LogP contribution in [0.5, 0.6) is 0 Å². The molecule has 1 heterocycles. The van der Waals surface area contributed by atoms with Crippen LogP contribution < -0.4 is 0 Å². The van der Waals surface area contributed by atoms with Gasteiger partial charge in [-0.05, 0) is 48.8 Å². The van der Waals surface area contributed by atoms with Crippen molar-refractivity contribution in [3.05, 3.63) is 72.3 Å². The summed E-state index contributed by atoms with van der Waals surface area (Å²) in [5, 5.41) is 0.